The van der Waals surface area contributed by atoms with Gasteiger partial charge in [-0.15, -0.1) is 0 Å². The number of rotatable bonds is 4. The molecule has 1 spiro atoms. The highest BCUT2D eigenvalue weighted by molar-refractivity contribution is 6.31. The first-order valence-electron chi connectivity index (χ1n) is 13.5. The zero-order valence-electron chi connectivity index (χ0n) is 21.6. The number of amides is 1. The molecule has 0 atom stereocenters. The van der Waals surface area contributed by atoms with E-state index in [0.717, 1.165) is 29.3 Å². The largest absolute Gasteiger partial charge is 0.365 e. The van der Waals surface area contributed by atoms with E-state index in [0.29, 0.717) is 31.3 Å². The molecule has 1 saturated heterocycles. The van der Waals surface area contributed by atoms with E-state index in [-0.39, 0.29) is 11.5 Å². The average molecular weight is 533 g/mol. The predicted octanol–water partition coefficient (Wildman–Crippen LogP) is 7.67. The summed E-state index contributed by atoms with van der Waals surface area (Å²) in [7, 11) is 0. The molecule has 5 heteroatoms. The lowest BCUT2D eigenvalue weighted by atomic mass is 9.83. The first-order valence-corrected chi connectivity index (χ1v) is 13.9. The molecule has 0 bridgehead atoms. The second-order valence-corrected chi connectivity index (χ2v) is 11.1. The molecule has 4 aromatic carbocycles. The van der Waals surface area contributed by atoms with Gasteiger partial charge in [-0.3, -0.25) is 4.79 Å². The Bertz CT molecular complexity index is 1680. The highest BCUT2D eigenvalue weighted by atomic mass is 35.5. The zero-order chi connectivity index (χ0) is 26.4. The van der Waals surface area contributed by atoms with Gasteiger partial charge in [-0.1, -0.05) is 90.5 Å². The fourth-order valence-electron chi connectivity index (χ4n) is 6.28. The first-order chi connectivity index (χ1) is 19.1. The van der Waals surface area contributed by atoms with Crippen LogP contribution in [0.15, 0.2) is 103 Å². The van der Waals surface area contributed by atoms with Crippen molar-refractivity contribution < 1.29 is 9.53 Å². The molecule has 5 aromatic rings. The summed E-state index contributed by atoms with van der Waals surface area (Å²) < 4.78 is 8.48. The van der Waals surface area contributed by atoms with Gasteiger partial charge in [0.25, 0.3) is 5.91 Å². The molecule has 39 heavy (non-hydrogen) atoms. The van der Waals surface area contributed by atoms with E-state index in [4.69, 9.17) is 16.3 Å². The molecular formula is C34H29ClN2O2. The minimum absolute atomic E-state index is 0.0697. The Hall–Kier alpha value is -3.86. The molecule has 2 aliphatic heterocycles. The molecule has 0 radical (unpaired) electrons. The lowest BCUT2D eigenvalue weighted by Crippen LogP contribution is -2.45. The number of hydrogen-bond acceptors (Lipinski definition) is 2. The summed E-state index contributed by atoms with van der Waals surface area (Å²) in [4.78, 5) is 15.9. The van der Waals surface area contributed by atoms with Gasteiger partial charge in [0.15, 0.2) is 0 Å². The summed E-state index contributed by atoms with van der Waals surface area (Å²) in [5.74, 6) is 0.0697. The van der Waals surface area contributed by atoms with Gasteiger partial charge >= 0.3 is 0 Å². The normalized spacial score (nSPS) is 16.1. The minimum Gasteiger partial charge on any atom is -0.365 e. The number of benzene rings is 4. The Morgan fingerprint density at radius 3 is 2.46 bits per heavy atom. The number of hydrogen-bond donors (Lipinski definition) is 0. The first kappa shape index (κ1) is 24.2. The Morgan fingerprint density at radius 1 is 0.846 bits per heavy atom. The fourth-order valence-corrected chi connectivity index (χ4v) is 6.45. The van der Waals surface area contributed by atoms with Crippen LogP contribution in [0.3, 0.4) is 0 Å². The summed E-state index contributed by atoms with van der Waals surface area (Å²) >= 11 is 6.42. The van der Waals surface area contributed by atoms with Crippen molar-refractivity contribution in [2.45, 2.75) is 31.6 Å². The summed E-state index contributed by atoms with van der Waals surface area (Å²) in [6.07, 6.45) is 3.63. The van der Waals surface area contributed by atoms with Crippen LogP contribution in [0.1, 0.15) is 39.9 Å². The summed E-state index contributed by atoms with van der Waals surface area (Å²) in [5.41, 5.74) is 7.53. The molecular weight excluding hydrogens is 504 g/mol. The van der Waals surface area contributed by atoms with Crippen LogP contribution in [-0.2, 0) is 23.5 Å². The molecule has 0 saturated carbocycles. The van der Waals surface area contributed by atoms with Gasteiger partial charge in [0.05, 0.1) is 23.3 Å². The average Bonchev–Trinajstić information content (AvgIpc) is 3.52. The van der Waals surface area contributed by atoms with Gasteiger partial charge in [0, 0.05) is 36.2 Å². The molecule has 0 unspecified atom stereocenters. The third-order valence-corrected chi connectivity index (χ3v) is 8.57. The highest BCUT2D eigenvalue weighted by Gasteiger charge is 2.43. The maximum Gasteiger partial charge on any atom is 0.256 e. The smallest absolute Gasteiger partial charge is 0.256 e. The quantitative estimate of drug-likeness (QED) is 0.238. The topological polar surface area (TPSA) is 34.5 Å². The van der Waals surface area contributed by atoms with Crippen molar-refractivity contribution in [3.8, 4) is 11.1 Å². The van der Waals surface area contributed by atoms with Crippen LogP contribution >= 0.6 is 11.6 Å². The summed E-state index contributed by atoms with van der Waals surface area (Å²) in [6.45, 7) is 2.65. The predicted molar refractivity (Wildman–Crippen MR) is 156 cm³/mol. The molecule has 0 N–H and O–H groups in total. The number of halogens is 1. The van der Waals surface area contributed by atoms with Crippen molar-refractivity contribution in [2.24, 2.45) is 0 Å². The van der Waals surface area contributed by atoms with E-state index in [1.807, 2.05) is 35.4 Å². The Balaban J connectivity index is 1.17. The third-order valence-electron chi connectivity index (χ3n) is 8.33. The van der Waals surface area contributed by atoms with Gasteiger partial charge in [-0.25, -0.2) is 0 Å². The second kappa shape index (κ2) is 9.71. The van der Waals surface area contributed by atoms with Crippen LogP contribution in [0, 0.1) is 0 Å². The molecule has 0 aliphatic carbocycles. The number of fused-ring (bicyclic) bond motifs is 3. The van der Waals surface area contributed by atoms with Crippen LogP contribution in [0.5, 0.6) is 0 Å². The number of nitrogens with zero attached hydrogens (tertiary/aromatic N) is 2. The lowest BCUT2D eigenvalue weighted by Gasteiger charge is -2.39. The van der Waals surface area contributed by atoms with Gasteiger partial charge in [0.2, 0.25) is 0 Å². The Labute approximate surface area is 233 Å². The third kappa shape index (κ3) is 4.34. The Kier molecular flexibility index (Phi) is 6.03. The number of carbonyl (C=O) groups is 1. The minimum atomic E-state index is -0.265. The van der Waals surface area contributed by atoms with Crippen LogP contribution < -0.4 is 0 Å². The van der Waals surface area contributed by atoms with Crippen molar-refractivity contribution in [3.05, 3.63) is 131 Å². The fraction of sp³-hybridized carbons (Fsp3) is 0.206. The number of piperidine rings is 1. The Morgan fingerprint density at radius 2 is 1.62 bits per heavy atom. The number of ether oxygens (including phenoxy) is 1. The standard InChI is InChI=1S/C34H29ClN2O2/c35-28-13-14-29-30(33(38)36-17-15-34(16-18-36)31-12-5-4-10-27(31)23-39-34)22-37(32(29)20-28)21-24-7-6-11-26(19-24)25-8-2-1-3-9-25/h1-14,19-20,22H,15-18,21,23H2. The highest BCUT2D eigenvalue weighted by Crippen LogP contribution is 2.44. The van der Waals surface area contributed by atoms with Crippen LogP contribution in [0.25, 0.3) is 22.0 Å². The summed E-state index contributed by atoms with van der Waals surface area (Å²) in [6, 6.07) is 33.3. The monoisotopic (exact) mass is 532 g/mol. The van der Waals surface area contributed by atoms with E-state index >= 15 is 0 Å². The van der Waals surface area contributed by atoms with Crippen LogP contribution in [-0.4, -0.2) is 28.5 Å². The molecule has 1 aromatic heterocycles. The zero-order valence-corrected chi connectivity index (χ0v) is 22.4. The van der Waals surface area contributed by atoms with Gasteiger partial charge in [0.1, 0.15) is 0 Å². The van der Waals surface area contributed by atoms with Crippen LogP contribution in [0.2, 0.25) is 5.02 Å². The van der Waals surface area contributed by atoms with Crippen molar-refractivity contribution in [2.75, 3.05) is 13.1 Å². The van der Waals surface area contributed by atoms with Gasteiger partial charge < -0.3 is 14.2 Å². The molecule has 3 heterocycles. The molecule has 7 rings (SSSR count). The van der Waals surface area contributed by atoms with Crippen molar-refractivity contribution >= 4 is 28.4 Å². The molecule has 4 nitrogen and oxygen atoms in total. The van der Waals surface area contributed by atoms with E-state index < -0.39 is 0 Å². The molecule has 1 amide bonds. The summed E-state index contributed by atoms with van der Waals surface area (Å²) in [5, 5.41) is 1.60. The number of likely N-dealkylation sites (tertiary alicyclic amines) is 1. The van der Waals surface area contributed by atoms with E-state index in [1.165, 1.54) is 27.8 Å². The molecule has 194 valence electrons. The van der Waals surface area contributed by atoms with E-state index in [1.54, 1.807) is 0 Å². The lowest BCUT2D eigenvalue weighted by molar-refractivity contribution is -0.0741. The van der Waals surface area contributed by atoms with E-state index in [9.17, 15) is 4.79 Å². The molecule has 2 aliphatic rings. The number of carbonyl (C=O) groups excluding carboxylic acids is 1. The van der Waals surface area contributed by atoms with Gasteiger partial charge in [-0.05, 0) is 58.9 Å². The van der Waals surface area contributed by atoms with Crippen molar-refractivity contribution in [3.63, 3.8) is 0 Å². The molecule has 1 fully saturated rings. The van der Waals surface area contributed by atoms with Gasteiger partial charge in [-0.2, -0.15) is 0 Å². The number of aromatic nitrogens is 1. The van der Waals surface area contributed by atoms with Crippen LogP contribution in [0.4, 0.5) is 0 Å². The maximum atomic E-state index is 13.9. The van der Waals surface area contributed by atoms with E-state index in [2.05, 4.69) is 77.4 Å². The van der Waals surface area contributed by atoms with Crippen molar-refractivity contribution in [1.29, 1.82) is 0 Å². The van der Waals surface area contributed by atoms with Crippen molar-refractivity contribution in [1.82, 2.24) is 9.47 Å². The second-order valence-electron chi connectivity index (χ2n) is 10.6. The maximum absolute atomic E-state index is 13.9. The SMILES string of the molecule is O=C(c1cn(Cc2cccc(-c3ccccc3)c2)c2cc(Cl)ccc12)N1CCC2(CC1)OCc1ccccc12.